The van der Waals surface area contributed by atoms with Gasteiger partial charge in [-0.3, -0.25) is 0 Å². The lowest BCUT2D eigenvalue weighted by atomic mass is 10.2. The van der Waals surface area contributed by atoms with Gasteiger partial charge in [-0.2, -0.15) is 5.10 Å². The van der Waals surface area contributed by atoms with E-state index < -0.39 is 0 Å². The van der Waals surface area contributed by atoms with Crippen LogP contribution in [0.1, 0.15) is 17.0 Å². The quantitative estimate of drug-likeness (QED) is 0.711. The second-order valence-electron chi connectivity index (χ2n) is 6.53. The fraction of sp³-hybridized carbons (Fsp3) is 0.389. The highest BCUT2D eigenvalue weighted by Crippen LogP contribution is 2.21. The first kappa shape index (κ1) is 16.4. The van der Waals surface area contributed by atoms with Crippen molar-refractivity contribution in [3.05, 3.63) is 47.7 Å². The molecule has 134 valence electrons. The van der Waals surface area contributed by atoms with Gasteiger partial charge < -0.3 is 9.80 Å². The molecule has 8 nitrogen and oxygen atoms in total. The molecule has 1 aliphatic heterocycles. The average molecular weight is 350 g/mol. The highest BCUT2D eigenvalue weighted by atomic mass is 15.4. The number of aryl methyl sites for hydroxylation is 2. The number of piperazine rings is 1. The molecule has 0 N–H and O–H groups in total. The van der Waals surface area contributed by atoms with Gasteiger partial charge in [0.05, 0.1) is 5.69 Å². The summed E-state index contributed by atoms with van der Waals surface area (Å²) >= 11 is 0. The summed E-state index contributed by atoms with van der Waals surface area (Å²) in [5, 5.41) is 13.1. The summed E-state index contributed by atoms with van der Waals surface area (Å²) < 4.78 is 1.74. The summed E-state index contributed by atoms with van der Waals surface area (Å²) in [7, 11) is 0. The largest absolute Gasteiger partial charge is 0.353 e. The molecule has 26 heavy (non-hydrogen) atoms. The van der Waals surface area contributed by atoms with E-state index in [0.717, 1.165) is 60.6 Å². The van der Waals surface area contributed by atoms with Gasteiger partial charge in [-0.25, -0.2) is 14.6 Å². The zero-order valence-electron chi connectivity index (χ0n) is 15.3. The van der Waals surface area contributed by atoms with Crippen LogP contribution >= 0.6 is 0 Å². The second kappa shape index (κ2) is 6.70. The summed E-state index contributed by atoms with van der Waals surface area (Å²) in [6.07, 6.45) is 3.54. The number of nitrogens with zero attached hydrogens (tertiary/aromatic N) is 8. The molecule has 0 radical (unpaired) electrons. The molecular weight excluding hydrogens is 328 g/mol. The van der Waals surface area contributed by atoms with E-state index in [1.807, 2.05) is 38.2 Å². The molecule has 0 spiro atoms. The van der Waals surface area contributed by atoms with Crippen molar-refractivity contribution in [2.24, 2.45) is 0 Å². The van der Waals surface area contributed by atoms with Crippen molar-refractivity contribution in [1.82, 2.24) is 29.9 Å². The van der Waals surface area contributed by atoms with E-state index in [2.05, 4.69) is 42.0 Å². The van der Waals surface area contributed by atoms with E-state index >= 15 is 0 Å². The molecule has 8 heteroatoms. The maximum Gasteiger partial charge on any atom is 0.175 e. The molecule has 0 atom stereocenters. The van der Waals surface area contributed by atoms with Gasteiger partial charge in [0, 0.05) is 43.6 Å². The van der Waals surface area contributed by atoms with E-state index in [4.69, 9.17) is 0 Å². The van der Waals surface area contributed by atoms with Crippen molar-refractivity contribution in [3.63, 3.8) is 0 Å². The van der Waals surface area contributed by atoms with Crippen molar-refractivity contribution in [1.29, 1.82) is 0 Å². The minimum absolute atomic E-state index is 0.729. The Balaban J connectivity index is 1.44. The summed E-state index contributed by atoms with van der Waals surface area (Å²) in [4.78, 5) is 13.3. The van der Waals surface area contributed by atoms with Crippen LogP contribution in [-0.2, 0) is 0 Å². The van der Waals surface area contributed by atoms with Crippen molar-refractivity contribution >= 4 is 11.6 Å². The summed E-state index contributed by atoms with van der Waals surface area (Å²) in [6, 6.07) is 5.92. The van der Waals surface area contributed by atoms with Crippen molar-refractivity contribution < 1.29 is 0 Å². The van der Waals surface area contributed by atoms with E-state index in [9.17, 15) is 0 Å². The highest BCUT2D eigenvalue weighted by molar-refractivity contribution is 5.50. The fourth-order valence-corrected chi connectivity index (χ4v) is 3.14. The van der Waals surface area contributed by atoms with E-state index in [1.165, 1.54) is 0 Å². The molecule has 0 aliphatic carbocycles. The number of aromatic nitrogens is 6. The molecule has 0 aromatic carbocycles. The zero-order valence-corrected chi connectivity index (χ0v) is 15.3. The first-order valence-electron chi connectivity index (χ1n) is 8.76. The fourth-order valence-electron chi connectivity index (χ4n) is 3.14. The Hall–Kier alpha value is -3.03. The second-order valence-corrected chi connectivity index (χ2v) is 6.53. The summed E-state index contributed by atoms with van der Waals surface area (Å²) in [5.74, 6) is 2.66. The van der Waals surface area contributed by atoms with Gasteiger partial charge in [-0.05, 0) is 39.0 Å². The van der Waals surface area contributed by atoms with Gasteiger partial charge in [0.2, 0.25) is 0 Å². The van der Waals surface area contributed by atoms with Gasteiger partial charge in [0.15, 0.2) is 11.6 Å². The van der Waals surface area contributed by atoms with Crippen LogP contribution in [0.5, 0.6) is 0 Å². The van der Waals surface area contributed by atoms with Crippen molar-refractivity contribution in [2.45, 2.75) is 20.8 Å². The van der Waals surface area contributed by atoms with Crippen LogP contribution in [0.15, 0.2) is 30.7 Å². The van der Waals surface area contributed by atoms with Crippen LogP contribution in [0.25, 0.3) is 5.82 Å². The Kier molecular flexibility index (Phi) is 4.24. The van der Waals surface area contributed by atoms with Gasteiger partial charge in [0.1, 0.15) is 12.1 Å². The lowest BCUT2D eigenvalue weighted by molar-refractivity contribution is 0.634. The zero-order chi connectivity index (χ0) is 18.1. The molecular formula is C18H22N8. The molecule has 4 heterocycles. The molecule has 0 unspecified atom stereocenters. The minimum Gasteiger partial charge on any atom is -0.353 e. The minimum atomic E-state index is 0.729. The standard InChI is InChI=1S/C18H22N8/c1-13-6-7-26(23-13)17-5-4-16(21-22-17)24-8-10-25(11-9-24)18-14(2)15(3)19-12-20-18/h4-7,12H,8-11H2,1-3H3. The Morgan fingerprint density at radius 3 is 2.15 bits per heavy atom. The van der Waals surface area contributed by atoms with Crippen LogP contribution < -0.4 is 9.80 Å². The highest BCUT2D eigenvalue weighted by Gasteiger charge is 2.21. The van der Waals surface area contributed by atoms with Crippen LogP contribution in [0.3, 0.4) is 0 Å². The maximum absolute atomic E-state index is 4.47. The monoisotopic (exact) mass is 350 g/mol. The molecule has 0 saturated carbocycles. The average Bonchev–Trinajstić information content (AvgIpc) is 3.11. The summed E-state index contributed by atoms with van der Waals surface area (Å²) in [6.45, 7) is 9.64. The van der Waals surface area contributed by atoms with Crippen molar-refractivity contribution in [3.8, 4) is 5.82 Å². The lowest BCUT2D eigenvalue weighted by Crippen LogP contribution is -2.47. The Morgan fingerprint density at radius 1 is 0.808 bits per heavy atom. The normalized spacial score (nSPS) is 14.7. The first-order valence-corrected chi connectivity index (χ1v) is 8.76. The van der Waals surface area contributed by atoms with Crippen molar-refractivity contribution in [2.75, 3.05) is 36.0 Å². The van der Waals surface area contributed by atoms with Crippen LogP contribution in [0.2, 0.25) is 0 Å². The molecule has 3 aromatic heterocycles. The Morgan fingerprint density at radius 2 is 1.50 bits per heavy atom. The first-order chi connectivity index (χ1) is 12.6. The van der Waals surface area contributed by atoms with Gasteiger partial charge in [-0.1, -0.05) is 0 Å². The molecule has 1 saturated heterocycles. The van der Waals surface area contributed by atoms with Gasteiger partial charge >= 0.3 is 0 Å². The molecule has 1 aliphatic rings. The molecule has 0 amide bonds. The summed E-state index contributed by atoms with van der Waals surface area (Å²) in [5.41, 5.74) is 3.15. The van der Waals surface area contributed by atoms with E-state index in [0.29, 0.717) is 0 Å². The number of hydrogen-bond acceptors (Lipinski definition) is 7. The Bertz CT molecular complexity index is 894. The SMILES string of the molecule is Cc1ccn(-c2ccc(N3CCN(c4ncnc(C)c4C)CC3)nn2)n1. The van der Waals surface area contributed by atoms with Gasteiger partial charge in [0.25, 0.3) is 0 Å². The third-order valence-corrected chi connectivity index (χ3v) is 4.81. The smallest absolute Gasteiger partial charge is 0.175 e. The van der Waals surface area contributed by atoms with Gasteiger partial charge in [-0.15, -0.1) is 10.2 Å². The number of anilines is 2. The molecule has 4 rings (SSSR count). The molecule has 3 aromatic rings. The lowest BCUT2D eigenvalue weighted by Gasteiger charge is -2.36. The molecule has 1 fully saturated rings. The number of hydrogen-bond donors (Lipinski definition) is 0. The Labute approximate surface area is 152 Å². The predicted molar refractivity (Wildman–Crippen MR) is 99.8 cm³/mol. The third-order valence-electron chi connectivity index (χ3n) is 4.81. The third kappa shape index (κ3) is 3.10. The molecule has 0 bridgehead atoms. The van der Waals surface area contributed by atoms with Crippen LogP contribution in [0, 0.1) is 20.8 Å². The maximum atomic E-state index is 4.47. The van der Waals surface area contributed by atoms with E-state index in [1.54, 1.807) is 11.0 Å². The number of rotatable bonds is 3. The predicted octanol–water partition coefficient (Wildman–Crippen LogP) is 1.70. The van der Waals surface area contributed by atoms with Crippen LogP contribution in [0.4, 0.5) is 11.6 Å². The topological polar surface area (TPSA) is 75.9 Å². The van der Waals surface area contributed by atoms with E-state index in [-0.39, 0.29) is 0 Å². The van der Waals surface area contributed by atoms with Crippen LogP contribution in [-0.4, -0.2) is 56.1 Å².